The van der Waals surface area contributed by atoms with Crippen LogP contribution in [0.25, 0.3) is 0 Å². The zero-order valence-corrected chi connectivity index (χ0v) is 22.7. The molecule has 198 valence electrons. The van der Waals surface area contributed by atoms with Crippen molar-refractivity contribution in [2.24, 2.45) is 5.92 Å². The Balaban J connectivity index is 1.86. The summed E-state index contributed by atoms with van der Waals surface area (Å²) < 4.78 is 19.0. The van der Waals surface area contributed by atoms with Crippen LogP contribution in [0.5, 0.6) is 5.75 Å². The number of aromatic nitrogens is 2. The maximum Gasteiger partial charge on any atom is 0.242 e. The lowest BCUT2D eigenvalue weighted by molar-refractivity contribution is -0.122. The zero-order valence-electron chi connectivity index (χ0n) is 21.9. The molecule has 0 radical (unpaired) electrons. The van der Waals surface area contributed by atoms with E-state index in [1.54, 1.807) is 25.3 Å². The fourth-order valence-electron chi connectivity index (χ4n) is 3.65. The van der Waals surface area contributed by atoms with Gasteiger partial charge in [-0.3, -0.25) is 4.79 Å². The first-order chi connectivity index (χ1) is 17.9. The van der Waals surface area contributed by atoms with Crippen LogP contribution in [0.4, 0.5) is 21.8 Å². The second kappa shape index (κ2) is 14.4. The molecule has 7 nitrogen and oxygen atoms in total. The van der Waals surface area contributed by atoms with Gasteiger partial charge in [0.25, 0.3) is 0 Å². The van der Waals surface area contributed by atoms with Gasteiger partial charge in [0.2, 0.25) is 11.9 Å². The van der Waals surface area contributed by atoms with Crippen LogP contribution in [0, 0.1) is 11.7 Å². The van der Waals surface area contributed by atoms with E-state index >= 15 is 0 Å². The maximum absolute atomic E-state index is 13.8. The highest BCUT2D eigenvalue weighted by molar-refractivity contribution is 7.99. The van der Waals surface area contributed by atoms with Gasteiger partial charge in [0, 0.05) is 23.2 Å². The number of benzene rings is 2. The molecule has 3 aromatic rings. The van der Waals surface area contributed by atoms with Gasteiger partial charge in [-0.15, -0.1) is 0 Å². The number of carbonyl (C=O) groups is 1. The van der Waals surface area contributed by atoms with Crippen molar-refractivity contribution in [2.45, 2.75) is 62.4 Å². The lowest BCUT2D eigenvalue weighted by Crippen LogP contribution is -2.41. The summed E-state index contributed by atoms with van der Waals surface area (Å²) in [6.07, 6.45) is 3.75. The minimum atomic E-state index is -0.482. The van der Waals surface area contributed by atoms with Crippen molar-refractivity contribution >= 4 is 35.1 Å². The van der Waals surface area contributed by atoms with Crippen LogP contribution in [0.2, 0.25) is 0 Å². The molecule has 0 saturated heterocycles. The number of hydrogen-bond donors (Lipinski definition) is 3. The summed E-state index contributed by atoms with van der Waals surface area (Å²) >= 11 is 1.46. The smallest absolute Gasteiger partial charge is 0.242 e. The molecular formula is C28H36FN5O2S. The molecule has 2 aromatic carbocycles. The highest BCUT2D eigenvalue weighted by atomic mass is 32.2. The lowest BCUT2D eigenvalue weighted by atomic mass is 10.0. The van der Waals surface area contributed by atoms with Crippen LogP contribution in [0.3, 0.4) is 0 Å². The fourth-order valence-corrected chi connectivity index (χ4v) is 4.47. The van der Waals surface area contributed by atoms with Crippen molar-refractivity contribution in [1.29, 1.82) is 0 Å². The quantitative estimate of drug-likeness (QED) is 0.160. The Hall–Kier alpha value is -3.33. The fraction of sp³-hybridized carbons (Fsp3) is 0.393. The molecule has 3 rings (SSSR count). The van der Waals surface area contributed by atoms with E-state index in [2.05, 4.69) is 46.7 Å². The van der Waals surface area contributed by atoms with Crippen molar-refractivity contribution in [3.05, 3.63) is 60.4 Å². The molecule has 3 N–H and O–H groups in total. The van der Waals surface area contributed by atoms with Gasteiger partial charge in [-0.25, -0.2) is 9.37 Å². The van der Waals surface area contributed by atoms with Gasteiger partial charge in [0.05, 0.1) is 7.11 Å². The molecule has 0 aliphatic rings. The number of rotatable bonds is 14. The van der Waals surface area contributed by atoms with Gasteiger partial charge in [-0.2, -0.15) is 4.98 Å². The molecule has 1 amide bonds. The van der Waals surface area contributed by atoms with Gasteiger partial charge < -0.3 is 20.7 Å². The molecule has 1 heterocycles. The standard InChI is InChI=1S/C28H36FN5O2S/c1-5-6-7-15-30-27(35)24(16-19(2)3)32-28-33-25(31-21-10-8-9-20(29)17-21)18-26(34-28)37-23-13-11-22(36-4)12-14-23/h8-14,17-19,24H,5-7,15-16H2,1-4H3,(H,30,35)(H2,31,32,33,34)/t24-/m0/s1. The monoisotopic (exact) mass is 525 g/mol. The Labute approximate surface area is 223 Å². The van der Waals surface area contributed by atoms with Crippen LogP contribution in [-0.2, 0) is 4.79 Å². The van der Waals surface area contributed by atoms with E-state index in [0.717, 1.165) is 29.9 Å². The average Bonchev–Trinajstić information content (AvgIpc) is 2.86. The van der Waals surface area contributed by atoms with Gasteiger partial charge in [-0.05, 0) is 61.2 Å². The summed E-state index contributed by atoms with van der Waals surface area (Å²) in [4.78, 5) is 23.2. The largest absolute Gasteiger partial charge is 0.497 e. The topological polar surface area (TPSA) is 88.2 Å². The SMILES string of the molecule is CCCCCNC(=O)[C@H](CC(C)C)Nc1nc(Nc2cccc(F)c2)cc(Sc2ccc(OC)cc2)n1. The number of nitrogens with one attached hydrogen (secondary N) is 3. The van der Waals surface area contributed by atoms with Crippen LogP contribution < -0.4 is 20.7 Å². The molecule has 0 saturated carbocycles. The number of halogens is 1. The van der Waals surface area contributed by atoms with Gasteiger partial charge in [-0.1, -0.05) is 51.4 Å². The lowest BCUT2D eigenvalue weighted by Gasteiger charge is -2.21. The predicted molar refractivity (Wildman–Crippen MR) is 148 cm³/mol. The van der Waals surface area contributed by atoms with Crippen LogP contribution in [0.15, 0.2) is 64.5 Å². The first kappa shape index (κ1) is 28.2. The number of ether oxygens (including phenoxy) is 1. The maximum atomic E-state index is 13.8. The van der Waals surface area contributed by atoms with E-state index in [0.29, 0.717) is 41.4 Å². The molecule has 9 heteroatoms. The molecule has 1 atom stereocenters. The zero-order chi connectivity index (χ0) is 26.6. The number of anilines is 3. The molecular weight excluding hydrogens is 489 g/mol. The second-order valence-electron chi connectivity index (χ2n) is 9.15. The van der Waals surface area contributed by atoms with Gasteiger partial charge >= 0.3 is 0 Å². The summed E-state index contributed by atoms with van der Waals surface area (Å²) in [6.45, 7) is 6.93. The Morgan fingerprint density at radius 1 is 1.08 bits per heavy atom. The van der Waals surface area contributed by atoms with Gasteiger partial charge in [0.1, 0.15) is 28.5 Å². The van der Waals surface area contributed by atoms with E-state index in [9.17, 15) is 9.18 Å². The van der Waals surface area contributed by atoms with Crippen molar-refractivity contribution in [3.63, 3.8) is 0 Å². The number of amides is 1. The molecule has 0 unspecified atom stereocenters. The Morgan fingerprint density at radius 3 is 2.54 bits per heavy atom. The summed E-state index contributed by atoms with van der Waals surface area (Å²) in [5.41, 5.74) is 0.567. The van der Waals surface area contributed by atoms with E-state index in [4.69, 9.17) is 4.74 Å². The third kappa shape index (κ3) is 9.57. The molecule has 37 heavy (non-hydrogen) atoms. The summed E-state index contributed by atoms with van der Waals surface area (Å²) in [6, 6.07) is 15.2. The average molecular weight is 526 g/mol. The van der Waals surface area contributed by atoms with E-state index in [1.807, 2.05) is 24.3 Å². The first-order valence-corrected chi connectivity index (χ1v) is 13.5. The van der Waals surface area contributed by atoms with Crippen LogP contribution in [-0.4, -0.2) is 35.6 Å². The molecule has 0 bridgehead atoms. The first-order valence-electron chi connectivity index (χ1n) is 12.6. The molecule has 0 spiro atoms. The third-order valence-electron chi connectivity index (χ3n) is 5.49. The highest BCUT2D eigenvalue weighted by Gasteiger charge is 2.21. The molecule has 0 aliphatic heterocycles. The number of nitrogens with zero attached hydrogens (tertiary/aromatic N) is 2. The van der Waals surface area contributed by atoms with Crippen molar-refractivity contribution < 1.29 is 13.9 Å². The van der Waals surface area contributed by atoms with E-state index < -0.39 is 6.04 Å². The summed E-state index contributed by atoms with van der Waals surface area (Å²) in [5.74, 6) is 1.46. The molecule has 0 fully saturated rings. The minimum Gasteiger partial charge on any atom is -0.497 e. The number of carbonyl (C=O) groups excluding carboxylic acids is 1. The Kier molecular flexibility index (Phi) is 11.0. The van der Waals surface area contributed by atoms with Crippen molar-refractivity contribution in [3.8, 4) is 5.75 Å². The van der Waals surface area contributed by atoms with Crippen LogP contribution in [0.1, 0.15) is 46.5 Å². The van der Waals surface area contributed by atoms with Crippen LogP contribution >= 0.6 is 11.8 Å². The second-order valence-corrected chi connectivity index (χ2v) is 10.2. The van der Waals surface area contributed by atoms with Gasteiger partial charge in [0.15, 0.2) is 0 Å². The summed E-state index contributed by atoms with van der Waals surface area (Å²) in [7, 11) is 1.63. The Morgan fingerprint density at radius 2 is 1.86 bits per heavy atom. The number of hydrogen-bond acceptors (Lipinski definition) is 7. The predicted octanol–water partition coefficient (Wildman–Crippen LogP) is 6.65. The molecule has 0 aliphatic carbocycles. The van der Waals surface area contributed by atoms with E-state index in [1.165, 1.54) is 23.9 Å². The Bertz CT molecular complexity index is 1140. The normalized spacial score (nSPS) is 11.7. The van der Waals surface area contributed by atoms with Crippen molar-refractivity contribution in [1.82, 2.24) is 15.3 Å². The van der Waals surface area contributed by atoms with E-state index in [-0.39, 0.29) is 11.7 Å². The highest BCUT2D eigenvalue weighted by Crippen LogP contribution is 2.31. The minimum absolute atomic E-state index is 0.0683. The summed E-state index contributed by atoms with van der Waals surface area (Å²) in [5, 5.41) is 10.1. The number of unbranched alkanes of at least 4 members (excludes halogenated alkanes) is 2. The number of methoxy groups -OCH3 is 1. The molecule has 1 aromatic heterocycles. The van der Waals surface area contributed by atoms with Crippen molar-refractivity contribution in [2.75, 3.05) is 24.3 Å². The third-order valence-corrected chi connectivity index (χ3v) is 6.41.